The average Bonchev–Trinajstić information content (AvgIpc) is 3.16. The molecule has 4 heterocycles. The topological polar surface area (TPSA) is 100 Å². The lowest BCUT2D eigenvalue weighted by molar-refractivity contribution is 0.101. The number of rotatable bonds is 4. The van der Waals surface area contributed by atoms with Crippen LogP contribution in [0.5, 0.6) is 0 Å². The Morgan fingerprint density at radius 1 is 1.07 bits per heavy atom. The molecule has 0 saturated carbocycles. The lowest BCUT2D eigenvalue weighted by Crippen LogP contribution is -2.47. The second kappa shape index (κ2) is 7.40. The third kappa shape index (κ3) is 3.86. The van der Waals surface area contributed by atoms with Gasteiger partial charge in [-0.25, -0.2) is 15.0 Å². The van der Waals surface area contributed by atoms with Gasteiger partial charge in [0.1, 0.15) is 11.6 Å². The number of pyridine rings is 1. The predicted octanol–water partition coefficient (Wildman–Crippen LogP) is 1.75. The lowest BCUT2D eigenvalue weighted by atomic mass is 10.3. The molecule has 1 amide bonds. The van der Waals surface area contributed by atoms with Crippen molar-refractivity contribution in [3.8, 4) is 0 Å². The quantitative estimate of drug-likeness (QED) is 0.746. The number of aromatic nitrogens is 4. The van der Waals surface area contributed by atoms with Gasteiger partial charge < -0.3 is 19.6 Å². The van der Waals surface area contributed by atoms with Gasteiger partial charge in [0, 0.05) is 38.4 Å². The molecule has 0 aliphatic carbocycles. The standard InChI is InChI=1S/C18H19N7O2/c1-13-10-15(23-27-13)17(26)22-14-11-20-18(21-12-14)25-8-6-24(7-9-25)16-4-2-3-5-19-16/h2-5,10-12H,6-9H2,1H3,(H,22,26). The zero-order chi connectivity index (χ0) is 18.6. The van der Waals surface area contributed by atoms with E-state index in [1.165, 1.54) is 0 Å². The van der Waals surface area contributed by atoms with Crippen molar-refractivity contribution >= 4 is 23.4 Å². The normalized spacial score (nSPS) is 14.3. The van der Waals surface area contributed by atoms with E-state index in [-0.39, 0.29) is 11.6 Å². The second-order valence-electron chi connectivity index (χ2n) is 6.21. The van der Waals surface area contributed by atoms with E-state index in [0.717, 1.165) is 32.0 Å². The number of hydrogen-bond acceptors (Lipinski definition) is 8. The molecule has 4 rings (SSSR count). The highest BCUT2D eigenvalue weighted by Gasteiger charge is 2.20. The molecular weight excluding hydrogens is 346 g/mol. The van der Waals surface area contributed by atoms with Gasteiger partial charge >= 0.3 is 0 Å². The van der Waals surface area contributed by atoms with Crippen molar-refractivity contribution in [2.75, 3.05) is 41.3 Å². The SMILES string of the molecule is Cc1cc(C(=O)Nc2cnc(N3CCN(c4ccccn4)CC3)nc2)no1. The number of carbonyl (C=O) groups is 1. The van der Waals surface area contributed by atoms with Gasteiger partial charge in [0.15, 0.2) is 5.69 Å². The summed E-state index contributed by atoms with van der Waals surface area (Å²) in [7, 11) is 0. The Morgan fingerprint density at radius 2 is 1.81 bits per heavy atom. The molecule has 1 saturated heterocycles. The maximum absolute atomic E-state index is 12.1. The number of nitrogens with zero attached hydrogens (tertiary/aromatic N) is 6. The minimum absolute atomic E-state index is 0.224. The number of carbonyl (C=O) groups excluding carboxylic acids is 1. The van der Waals surface area contributed by atoms with Crippen LogP contribution in [0.25, 0.3) is 0 Å². The van der Waals surface area contributed by atoms with E-state index in [0.29, 0.717) is 17.4 Å². The average molecular weight is 365 g/mol. The highest BCUT2D eigenvalue weighted by molar-refractivity contribution is 6.02. The van der Waals surface area contributed by atoms with Crippen molar-refractivity contribution in [1.82, 2.24) is 20.1 Å². The van der Waals surface area contributed by atoms with Crippen LogP contribution < -0.4 is 15.1 Å². The van der Waals surface area contributed by atoms with E-state index in [2.05, 4.69) is 35.2 Å². The van der Waals surface area contributed by atoms with Gasteiger partial charge in [0.05, 0.1) is 18.1 Å². The molecule has 0 aromatic carbocycles. The van der Waals surface area contributed by atoms with Gasteiger partial charge in [0.2, 0.25) is 5.95 Å². The molecule has 27 heavy (non-hydrogen) atoms. The summed E-state index contributed by atoms with van der Waals surface area (Å²) >= 11 is 0. The molecule has 0 bridgehead atoms. The second-order valence-corrected chi connectivity index (χ2v) is 6.21. The third-order valence-electron chi connectivity index (χ3n) is 4.29. The van der Waals surface area contributed by atoms with E-state index < -0.39 is 0 Å². The summed E-state index contributed by atoms with van der Waals surface area (Å²) in [5, 5.41) is 6.40. The summed E-state index contributed by atoms with van der Waals surface area (Å²) in [5.74, 6) is 1.86. The van der Waals surface area contributed by atoms with E-state index in [1.54, 1.807) is 31.6 Å². The summed E-state index contributed by atoms with van der Waals surface area (Å²) in [6.45, 7) is 5.05. The first-order valence-electron chi connectivity index (χ1n) is 8.67. The minimum atomic E-state index is -0.354. The molecule has 0 unspecified atom stereocenters. The maximum atomic E-state index is 12.1. The van der Waals surface area contributed by atoms with Crippen LogP contribution in [0.2, 0.25) is 0 Å². The Bertz CT molecular complexity index is 903. The monoisotopic (exact) mass is 365 g/mol. The first kappa shape index (κ1) is 17.0. The Labute approximate surface area is 156 Å². The van der Waals surface area contributed by atoms with Crippen LogP contribution in [0.15, 0.2) is 47.4 Å². The molecule has 1 N–H and O–H groups in total. The Morgan fingerprint density at radius 3 is 2.44 bits per heavy atom. The number of anilines is 3. The van der Waals surface area contributed by atoms with Crippen LogP contribution in [-0.2, 0) is 0 Å². The van der Waals surface area contributed by atoms with Crippen LogP contribution in [0.3, 0.4) is 0 Å². The first-order chi connectivity index (χ1) is 13.2. The van der Waals surface area contributed by atoms with Crippen LogP contribution in [0.1, 0.15) is 16.2 Å². The van der Waals surface area contributed by atoms with Crippen LogP contribution in [-0.4, -0.2) is 52.2 Å². The molecule has 9 nitrogen and oxygen atoms in total. The van der Waals surface area contributed by atoms with Crippen molar-refractivity contribution in [2.45, 2.75) is 6.92 Å². The first-order valence-corrected chi connectivity index (χ1v) is 8.67. The molecule has 9 heteroatoms. The summed E-state index contributed by atoms with van der Waals surface area (Å²) in [4.78, 5) is 29.6. The van der Waals surface area contributed by atoms with Crippen LogP contribution in [0, 0.1) is 6.92 Å². The number of nitrogens with one attached hydrogen (secondary N) is 1. The van der Waals surface area contributed by atoms with Gasteiger partial charge in [-0.05, 0) is 19.1 Å². The predicted molar refractivity (Wildman–Crippen MR) is 99.9 cm³/mol. The Hall–Kier alpha value is -3.49. The molecule has 3 aromatic heterocycles. The van der Waals surface area contributed by atoms with Gasteiger partial charge in [-0.1, -0.05) is 11.2 Å². The molecule has 1 fully saturated rings. The van der Waals surface area contributed by atoms with E-state index in [9.17, 15) is 4.79 Å². The highest BCUT2D eigenvalue weighted by atomic mass is 16.5. The molecule has 3 aromatic rings. The van der Waals surface area contributed by atoms with Crippen molar-refractivity contribution in [1.29, 1.82) is 0 Å². The summed E-state index contributed by atoms with van der Waals surface area (Å²) in [6.07, 6.45) is 4.99. The maximum Gasteiger partial charge on any atom is 0.277 e. The molecule has 0 atom stereocenters. The van der Waals surface area contributed by atoms with Crippen LogP contribution >= 0.6 is 0 Å². The zero-order valence-corrected chi connectivity index (χ0v) is 14.9. The van der Waals surface area contributed by atoms with Crippen molar-refractivity contribution < 1.29 is 9.32 Å². The summed E-state index contributed by atoms with van der Waals surface area (Å²) in [6, 6.07) is 7.49. The number of hydrogen-bond donors (Lipinski definition) is 1. The smallest absolute Gasteiger partial charge is 0.277 e. The van der Waals surface area contributed by atoms with E-state index in [4.69, 9.17) is 4.52 Å². The van der Waals surface area contributed by atoms with Crippen LogP contribution in [0.4, 0.5) is 17.5 Å². The fraction of sp³-hybridized carbons (Fsp3) is 0.278. The minimum Gasteiger partial charge on any atom is -0.361 e. The molecule has 138 valence electrons. The van der Waals surface area contributed by atoms with Gasteiger partial charge in [0.25, 0.3) is 5.91 Å². The molecule has 1 aliphatic heterocycles. The Balaban J connectivity index is 1.35. The summed E-state index contributed by atoms with van der Waals surface area (Å²) in [5.41, 5.74) is 0.735. The molecular formula is C18H19N7O2. The summed E-state index contributed by atoms with van der Waals surface area (Å²) < 4.78 is 4.91. The molecule has 0 spiro atoms. The highest BCUT2D eigenvalue weighted by Crippen LogP contribution is 2.17. The number of amides is 1. The van der Waals surface area contributed by atoms with Crippen molar-refractivity contribution in [3.63, 3.8) is 0 Å². The fourth-order valence-electron chi connectivity index (χ4n) is 2.89. The van der Waals surface area contributed by atoms with Gasteiger partial charge in [-0.2, -0.15) is 0 Å². The van der Waals surface area contributed by atoms with Gasteiger partial charge in [-0.15, -0.1) is 0 Å². The zero-order valence-electron chi connectivity index (χ0n) is 14.9. The van der Waals surface area contributed by atoms with Crippen molar-refractivity contribution in [2.24, 2.45) is 0 Å². The third-order valence-corrected chi connectivity index (χ3v) is 4.29. The fourth-order valence-corrected chi connectivity index (χ4v) is 2.89. The van der Waals surface area contributed by atoms with E-state index in [1.807, 2.05) is 18.2 Å². The number of aryl methyl sites for hydroxylation is 1. The largest absolute Gasteiger partial charge is 0.361 e. The Kier molecular flexibility index (Phi) is 4.65. The molecule has 1 aliphatic rings. The lowest BCUT2D eigenvalue weighted by Gasteiger charge is -2.35. The molecule has 0 radical (unpaired) electrons. The van der Waals surface area contributed by atoms with Gasteiger partial charge in [-0.3, -0.25) is 4.79 Å². The van der Waals surface area contributed by atoms with Crippen molar-refractivity contribution in [3.05, 3.63) is 54.3 Å². The number of piperazine rings is 1. The van der Waals surface area contributed by atoms with E-state index >= 15 is 0 Å².